The minimum atomic E-state index is -1.17. The van der Waals surface area contributed by atoms with Crippen molar-refractivity contribution in [3.63, 3.8) is 0 Å². The van der Waals surface area contributed by atoms with Gasteiger partial charge in [0, 0.05) is 19.1 Å². The van der Waals surface area contributed by atoms with Crippen molar-refractivity contribution in [3.05, 3.63) is 58.7 Å². The first-order valence-corrected chi connectivity index (χ1v) is 12.5. The van der Waals surface area contributed by atoms with Gasteiger partial charge in [-0.15, -0.1) is 0 Å². The van der Waals surface area contributed by atoms with Gasteiger partial charge < -0.3 is 25.6 Å². The number of likely N-dealkylation sites (tertiary alicyclic amines) is 1. The third-order valence-electron chi connectivity index (χ3n) is 6.00. The number of carbonyl (C=O) groups excluding carboxylic acids is 2. The number of nitrogens with zero attached hydrogens (tertiary/aromatic N) is 3. The normalized spacial score (nSPS) is 17.3. The molecule has 2 amide bonds. The molecule has 0 bridgehead atoms. The molecule has 3 aromatic rings. The zero-order valence-electron chi connectivity index (χ0n) is 19.8. The van der Waals surface area contributed by atoms with E-state index in [1.165, 1.54) is 6.20 Å². The monoisotopic (exact) mass is 571 g/mol. The summed E-state index contributed by atoms with van der Waals surface area (Å²) < 4.78 is 5.70. The fraction of sp³-hybridized carbons (Fsp3) is 0.320. The minimum Gasteiger partial charge on any atom is -0.504 e. The van der Waals surface area contributed by atoms with Crippen LogP contribution in [0, 0.1) is 0 Å². The Morgan fingerprint density at radius 2 is 1.95 bits per heavy atom. The number of phenols is 1. The number of carbonyl (C=O) groups is 3. The molecule has 37 heavy (non-hydrogen) atoms. The maximum atomic E-state index is 12.9. The van der Waals surface area contributed by atoms with Crippen molar-refractivity contribution in [3.8, 4) is 5.75 Å². The number of anilines is 1. The first-order chi connectivity index (χ1) is 17.8. The molecule has 0 saturated carbocycles. The summed E-state index contributed by atoms with van der Waals surface area (Å²) in [6.07, 6.45) is 1.44. The average molecular weight is 572 g/mol. The molecule has 0 radical (unpaired) electrons. The van der Waals surface area contributed by atoms with E-state index in [-0.39, 0.29) is 37.9 Å². The van der Waals surface area contributed by atoms with Gasteiger partial charge >= 0.3 is 12.1 Å². The van der Waals surface area contributed by atoms with E-state index >= 15 is 0 Å². The van der Waals surface area contributed by atoms with Crippen molar-refractivity contribution < 1.29 is 29.3 Å². The standard InChI is InChI=1S/C25H26BrN5O6/c26-17-7-8-18-21(22(17)32)30-20(14-28-18)29-16-9-11-31(25(35)36)19(13-16)23(33)27-10-4-12-37-24(34)15-5-2-1-3-6-15/h1-3,5-8,14,16,19,32H,4,9-13H2,(H,27,33)(H,29,30)(H,35,36)/t16-,19-/m0/s1. The third-order valence-corrected chi connectivity index (χ3v) is 6.64. The topological polar surface area (TPSA) is 154 Å². The summed E-state index contributed by atoms with van der Waals surface area (Å²) in [6.45, 7) is 0.514. The van der Waals surface area contributed by atoms with Crippen LogP contribution >= 0.6 is 15.9 Å². The molecular formula is C25H26BrN5O6. The van der Waals surface area contributed by atoms with E-state index < -0.39 is 24.0 Å². The van der Waals surface area contributed by atoms with Crippen molar-refractivity contribution in [1.82, 2.24) is 20.2 Å². The summed E-state index contributed by atoms with van der Waals surface area (Å²) in [5.74, 6) is -0.479. The van der Waals surface area contributed by atoms with Gasteiger partial charge in [0.05, 0.1) is 28.4 Å². The van der Waals surface area contributed by atoms with Gasteiger partial charge in [-0.05, 0) is 59.5 Å². The van der Waals surface area contributed by atoms with Gasteiger partial charge in [0.25, 0.3) is 0 Å². The second-order valence-electron chi connectivity index (χ2n) is 8.52. The largest absolute Gasteiger partial charge is 0.504 e. The molecule has 4 N–H and O–H groups in total. The Morgan fingerprint density at radius 3 is 2.70 bits per heavy atom. The van der Waals surface area contributed by atoms with Gasteiger partial charge in [-0.1, -0.05) is 18.2 Å². The highest BCUT2D eigenvalue weighted by Crippen LogP contribution is 2.31. The van der Waals surface area contributed by atoms with E-state index in [1.54, 1.807) is 42.5 Å². The fourth-order valence-electron chi connectivity index (χ4n) is 4.12. The van der Waals surface area contributed by atoms with E-state index in [2.05, 4.69) is 36.5 Å². The zero-order valence-corrected chi connectivity index (χ0v) is 21.3. The number of halogens is 1. The Kier molecular flexibility index (Phi) is 8.39. The Balaban J connectivity index is 1.32. The van der Waals surface area contributed by atoms with Crippen LogP contribution in [0.2, 0.25) is 0 Å². The summed E-state index contributed by atoms with van der Waals surface area (Å²) in [7, 11) is 0. The molecular weight excluding hydrogens is 546 g/mol. The van der Waals surface area contributed by atoms with Crippen LogP contribution in [0.1, 0.15) is 29.6 Å². The number of ether oxygens (including phenoxy) is 1. The van der Waals surface area contributed by atoms with Gasteiger partial charge in [0.1, 0.15) is 17.4 Å². The van der Waals surface area contributed by atoms with E-state index in [0.29, 0.717) is 39.7 Å². The van der Waals surface area contributed by atoms with E-state index in [0.717, 1.165) is 4.90 Å². The smallest absolute Gasteiger partial charge is 0.407 e. The number of nitrogens with one attached hydrogen (secondary N) is 2. The number of piperidine rings is 1. The van der Waals surface area contributed by atoms with Gasteiger partial charge in [-0.2, -0.15) is 0 Å². The molecule has 12 heteroatoms. The second kappa shape index (κ2) is 11.9. The van der Waals surface area contributed by atoms with E-state index in [9.17, 15) is 24.6 Å². The first kappa shape index (κ1) is 26.1. The van der Waals surface area contributed by atoms with Gasteiger partial charge in [0.15, 0.2) is 5.75 Å². The summed E-state index contributed by atoms with van der Waals surface area (Å²) in [5.41, 5.74) is 1.30. The molecule has 0 unspecified atom stereocenters. The van der Waals surface area contributed by atoms with Crippen LogP contribution in [0.5, 0.6) is 5.75 Å². The number of aromatic hydroxyl groups is 1. The lowest BCUT2D eigenvalue weighted by molar-refractivity contribution is -0.127. The molecule has 4 rings (SSSR count). The van der Waals surface area contributed by atoms with Crippen LogP contribution in [0.4, 0.5) is 10.6 Å². The Labute approximate surface area is 221 Å². The zero-order chi connectivity index (χ0) is 26.4. The molecule has 2 aromatic carbocycles. The summed E-state index contributed by atoms with van der Waals surface area (Å²) in [4.78, 5) is 46.5. The number of esters is 1. The number of benzene rings is 2. The van der Waals surface area contributed by atoms with Crippen LogP contribution in [-0.4, -0.2) is 74.8 Å². The average Bonchev–Trinajstić information content (AvgIpc) is 2.91. The fourth-order valence-corrected chi connectivity index (χ4v) is 4.44. The Bertz CT molecular complexity index is 1290. The molecule has 194 valence electrons. The quantitative estimate of drug-likeness (QED) is 0.235. The van der Waals surface area contributed by atoms with Crippen LogP contribution in [0.3, 0.4) is 0 Å². The predicted octanol–water partition coefficient (Wildman–Crippen LogP) is 3.38. The van der Waals surface area contributed by atoms with Crippen LogP contribution < -0.4 is 10.6 Å². The summed E-state index contributed by atoms with van der Waals surface area (Å²) in [5, 5.41) is 25.8. The lowest BCUT2D eigenvalue weighted by Crippen LogP contribution is -2.55. The second-order valence-corrected chi connectivity index (χ2v) is 9.38. The number of hydrogen-bond donors (Lipinski definition) is 4. The molecule has 0 spiro atoms. The lowest BCUT2D eigenvalue weighted by Gasteiger charge is -2.37. The third kappa shape index (κ3) is 6.45. The maximum Gasteiger partial charge on any atom is 0.407 e. The number of hydrogen-bond acceptors (Lipinski definition) is 8. The number of fused-ring (bicyclic) bond motifs is 1. The van der Waals surface area contributed by atoms with Crippen molar-refractivity contribution in [2.75, 3.05) is 25.0 Å². The summed E-state index contributed by atoms with van der Waals surface area (Å²) >= 11 is 3.26. The number of aromatic nitrogens is 2. The Morgan fingerprint density at radius 1 is 1.16 bits per heavy atom. The van der Waals surface area contributed by atoms with Crippen molar-refractivity contribution in [1.29, 1.82) is 0 Å². The van der Waals surface area contributed by atoms with Crippen molar-refractivity contribution >= 4 is 50.8 Å². The van der Waals surface area contributed by atoms with Crippen LogP contribution in [0.15, 0.2) is 53.1 Å². The highest BCUT2D eigenvalue weighted by molar-refractivity contribution is 9.10. The SMILES string of the molecule is O=C(OCCCNC(=O)[C@@H]1C[C@@H](Nc2cnc3ccc(Br)c(O)c3n2)CCN1C(=O)O)c1ccccc1. The molecule has 2 atom stereocenters. The minimum absolute atomic E-state index is 0.0268. The molecule has 1 aromatic heterocycles. The molecule has 0 aliphatic carbocycles. The lowest BCUT2D eigenvalue weighted by atomic mass is 9.96. The predicted molar refractivity (Wildman–Crippen MR) is 138 cm³/mol. The summed E-state index contributed by atoms with van der Waals surface area (Å²) in [6, 6.07) is 10.9. The van der Waals surface area contributed by atoms with Gasteiger partial charge in [0.2, 0.25) is 5.91 Å². The molecule has 2 heterocycles. The number of rotatable bonds is 8. The van der Waals surface area contributed by atoms with Crippen LogP contribution in [-0.2, 0) is 9.53 Å². The van der Waals surface area contributed by atoms with Crippen molar-refractivity contribution in [2.45, 2.75) is 31.3 Å². The maximum absolute atomic E-state index is 12.9. The van der Waals surface area contributed by atoms with Crippen LogP contribution in [0.25, 0.3) is 11.0 Å². The van der Waals surface area contributed by atoms with E-state index in [1.807, 2.05) is 0 Å². The number of amides is 2. The number of phenolic OH excluding ortho intramolecular Hbond substituents is 1. The van der Waals surface area contributed by atoms with Crippen molar-refractivity contribution in [2.24, 2.45) is 0 Å². The van der Waals surface area contributed by atoms with E-state index in [4.69, 9.17) is 4.74 Å². The number of carboxylic acid groups (broad SMARTS) is 1. The molecule has 11 nitrogen and oxygen atoms in total. The molecule has 1 aliphatic rings. The van der Waals surface area contributed by atoms with Gasteiger partial charge in [-0.3, -0.25) is 14.7 Å². The Hall–Kier alpha value is -3.93. The first-order valence-electron chi connectivity index (χ1n) is 11.7. The molecule has 1 saturated heterocycles. The molecule has 1 aliphatic heterocycles. The van der Waals surface area contributed by atoms with Gasteiger partial charge in [-0.25, -0.2) is 14.6 Å². The molecule has 1 fully saturated rings. The highest BCUT2D eigenvalue weighted by atomic mass is 79.9. The highest BCUT2D eigenvalue weighted by Gasteiger charge is 2.36.